The number of pyridine rings is 1. The standard InChI is InChI=1S/C25H27N3O4/c1-16-21(24(29)31-3)23(18-9-6-10-26-13-18)22(17(2)27-16)25(30)32-12-11-28-14-19-7-4-5-8-20(19)15-28/h4-10,13,23,27H,11-12,14-15H2,1-3H3. The Labute approximate surface area is 187 Å². The topological polar surface area (TPSA) is 80.8 Å². The highest BCUT2D eigenvalue weighted by Gasteiger charge is 2.38. The third-order valence-corrected chi connectivity index (χ3v) is 5.95. The summed E-state index contributed by atoms with van der Waals surface area (Å²) in [6.07, 6.45) is 3.32. The molecule has 7 heteroatoms. The number of hydrogen-bond donors (Lipinski definition) is 1. The number of nitrogens with zero attached hydrogens (tertiary/aromatic N) is 2. The number of methoxy groups -OCH3 is 1. The van der Waals surface area contributed by atoms with Gasteiger partial charge in [-0.3, -0.25) is 9.88 Å². The molecule has 2 aliphatic rings. The second-order valence-corrected chi connectivity index (χ2v) is 8.03. The summed E-state index contributed by atoms with van der Waals surface area (Å²) < 4.78 is 10.7. The van der Waals surface area contributed by atoms with Crippen molar-refractivity contribution < 1.29 is 19.1 Å². The molecule has 7 nitrogen and oxygen atoms in total. The van der Waals surface area contributed by atoms with E-state index in [1.54, 1.807) is 25.4 Å². The molecule has 0 amide bonds. The Hall–Kier alpha value is -3.45. The molecule has 1 aromatic carbocycles. The fourth-order valence-corrected chi connectivity index (χ4v) is 4.43. The Bertz CT molecular complexity index is 1070. The second-order valence-electron chi connectivity index (χ2n) is 8.03. The van der Waals surface area contributed by atoms with Crippen LogP contribution in [-0.2, 0) is 32.2 Å². The first kappa shape index (κ1) is 21.8. The molecule has 2 aromatic rings. The Morgan fingerprint density at radius 3 is 2.28 bits per heavy atom. The lowest BCUT2D eigenvalue weighted by Crippen LogP contribution is -2.33. The van der Waals surface area contributed by atoms with Crippen LogP contribution in [0.1, 0.15) is 36.5 Å². The van der Waals surface area contributed by atoms with Crippen molar-refractivity contribution in [3.05, 3.63) is 88.0 Å². The number of rotatable bonds is 6. The van der Waals surface area contributed by atoms with Gasteiger partial charge in [0.25, 0.3) is 0 Å². The number of hydrogen-bond acceptors (Lipinski definition) is 7. The molecule has 1 aromatic heterocycles. The van der Waals surface area contributed by atoms with Gasteiger partial charge in [-0.2, -0.15) is 0 Å². The molecule has 3 heterocycles. The van der Waals surface area contributed by atoms with E-state index in [4.69, 9.17) is 9.47 Å². The van der Waals surface area contributed by atoms with Crippen molar-refractivity contribution in [1.82, 2.24) is 15.2 Å². The lowest BCUT2D eigenvalue weighted by Gasteiger charge is -2.30. The smallest absolute Gasteiger partial charge is 0.336 e. The predicted molar refractivity (Wildman–Crippen MR) is 119 cm³/mol. The van der Waals surface area contributed by atoms with Gasteiger partial charge in [-0.15, -0.1) is 0 Å². The van der Waals surface area contributed by atoms with Crippen molar-refractivity contribution in [3.63, 3.8) is 0 Å². The number of ether oxygens (including phenoxy) is 2. The average molecular weight is 434 g/mol. The van der Waals surface area contributed by atoms with Crippen molar-refractivity contribution in [1.29, 1.82) is 0 Å². The summed E-state index contributed by atoms with van der Waals surface area (Å²) in [5.41, 5.74) is 5.44. The van der Waals surface area contributed by atoms with Gasteiger partial charge >= 0.3 is 11.9 Å². The van der Waals surface area contributed by atoms with Gasteiger partial charge in [-0.25, -0.2) is 9.59 Å². The summed E-state index contributed by atoms with van der Waals surface area (Å²) in [6.45, 7) is 6.21. The number of aromatic nitrogens is 1. The van der Waals surface area contributed by atoms with Gasteiger partial charge in [0.1, 0.15) is 6.61 Å². The van der Waals surface area contributed by atoms with Crippen LogP contribution >= 0.6 is 0 Å². The van der Waals surface area contributed by atoms with E-state index < -0.39 is 17.9 Å². The maximum atomic E-state index is 13.2. The van der Waals surface area contributed by atoms with E-state index in [0.29, 0.717) is 29.1 Å². The highest BCUT2D eigenvalue weighted by atomic mass is 16.5. The second kappa shape index (κ2) is 9.36. The van der Waals surface area contributed by atoms with Gasteiger partial charge in [0.2, 0.25) is 0 Å². The zero-order chi connectivity index (χ0) is 22.7. The van der Waals surface area contributed by atoms with Gasteiger partial charge in [-0.05, 0) is 36.6 Å². The van der Waals surface area contributed by atoms with Crippen molar-refractivity contribution in [2.45, 2.75) is 32.9 Å². The molecule has 1 N–H and O–H groups in total. The molecule has 0 fully saturated rings. The average Bonchev–Trinajstić information content (AvgIpc) is 3.21. The molecular weight excluding hydrogens is 406 g/mol. The van der Waals surface area contributed by atoms with Crippen LogP contribution in [0.25, 0.3) is 0 Å². The molecule has 1 atom stereocenters. The molecular formula is C25H27N3O4. The first-order chi connectivity index (χ1) is 15.5. The molecule has 0 aliphatic carbocycles. The van der Waals surface area contributed by atoms with Crippen LogP contribution in [-0.4, -0.2) is 42.1 Å². The van der Waals surface area contributed by atoms with Crippen molar-refractivity contribution >= 4 is 11.9 Å². The largest absolute Gasteiger partial charge is 0.466 e. The van der Waals surface area contributed by atoms with E-state index in [-0.39, 0.29) is 6.61 Å². The zero-order valence-corrected chi connectivity index (χ0v) is 18.6. The molecule has 4 rings (SSSR count). The van der Waals surface area contributed by atoms with Crippen LogP contribution in [0.2, 0.25) is 0 Å². The van der Waals surface area contributed by atoms with Crippen molar-refractivity contribution in [2.24, 2.45) is 0 Å². The number of esters is 2. The van der Waals surface area contributed by atoms with Crippen LogP contribution in [0.15, 0.2) is 71.3 Å². The fraction of sp³-hybridized carbons (Fsp3) is 0.320. The van der Waals surface area contributed by atoms with Crippen LogP contribution in [0.4, 0.5) is 0 Å². The minimum Gasteiger partial charge on any atom is -0.466 e. The number of dihydropyridines is 1. The third-order valence-electron chi connectivity index (χ3n) is 5.95. The lowest BCUT2D eigenvalue weighted by molar-refractivity contribution is -0.140. The number of fused-ring (bicyclic) bond motifs is 1. The first-order valence-corrected chi connectivity index (χ1v) is 10.6. The van der Waals surface area contributed by atoms with Gasteiger partial charge in [0.15, 0.2) is 0 Å². The molecule has 0 saturated carbocycles. The van der Waals surface area contributed by atoms with Gasteiger partial charge in [0.05, 0.1) is 24.2 Å². The number of nitrogens with one attached hydrogen (secondary N) is 1. The Morgan fingerprint density at radius 2 is 1.69 bits per heavy atom. The van der Waals surface area contributed by atoms with Crippen molar-refractivity contribution in [2.75, 3.05) is 20.3 Å². The quantitative estimate of drug-likeness (QED) is 0.702. The summed E-state index contributed by atoms with van der Waals surface area (Å²) in [4.78, 5) is 32.3. The maximum Gasteiger partial charge on any atom is 0.336 e. The fourth-order valence-electron chi connectivity index (χ4n) is 4.43. The number of carbonyl (C=O) groups excluding carboxylic acids is 2. The lowest BCUT2D eigenvalue weighted by atomic mass is 9.81. The van der Waals surface area contributed by atoms with Crippen LogP contribution in [0, 0.1) is 0 Å². The number of carbonyl (C=O) groups is 2. The summed E-state index contributed by atoms with van der Waals surface area (Å²) in [5.74, 6) is -1.55. The Morgan fingerprint density at radius 1 is 1.03 bits per heavy atom. The Balaban J connectivity index is 1.50. The minimum absolute atomic E-state index is 0.264. The molecule has 0 spiro atoms. The first-order valence-electron chi connectivity index (χ1n) is 10.6. The van der Waals surface area contributed by atoms with E-state index in [1.165, 1.54) is 18.2 Å². The normalized spacial score (nSPS) is 18.3. The highest BCUT2D eigenvalue weighted by molar-refractivity contribution is 5.99. The van der Waals surface area contributed by atoms with E-state index in [9.17, 15) is 9.59 Å². The van der Waals surface area contributed by atoms with E-state index >= 15 is 0 Å². The predicted octanol–water partition coefficient (Wildman–Crippen LogP) is 3.05. The zero-order valence-electron chi connectivity index (χ0n) is 18.6. The summed E-state index contributed by atoms with van der Waals surface area (Å²) in [6, 6.07) is 12.0. The van der Waals surface area contributed by atoms with Crippen LogP contribution in [0.3, 0.4) is 0 Å². The molecule has 32 heavy (non-hydrogen) atoms. The molecule has 166 valence electrons. The third kappa shape index (κ3) is 4.29. The maximum absolute atomic E-state index is 13.2. The molecule has 2 aliphatic heterocycles. The van der Waals surface area contributed by atoms with Gasteiger partial charge in [0, 0.05) is 43.4 Å². The summed E-state index contributed by atoms with van der Waals surface area (Å²) >= 11 is 0. The van der Waals surface area contributed by atoms with Gasteiger partial charge < -0.3 is 14.8 Å². The van der Waals surface area contributed by atoms with Crippen LogP contribution < -0.4 is 5.32 Å². The SMILES string of the molecule is COC(=O)C1=C(C)NC(C)=C(C(=O)OCCN2Cc3ccccc3C2)C1c1cccnc1. The van der Waals surface area contributed by atoms with Crippen molar-refractivity contribution in [3.8, 4) is 0 Å². The monoisotopic (exact) mass is 433 g/mol. The molecule has 0 bridgehead atoms. The number of benzene rings is 1. The number of allylic oxidation sites excluding steroid dienone is 2. The Kier molecular flexibility index (Phi) is 6.37. The van der Waals surface area contributed by atoms with Crippen LogP contribution in [0.5, 0.6) is 0 Å². The van der Waals surface area contributed by atoms with E-state index in [1.807, 2.05) is 25.1 Å². The van der Waals surface area contributed by atoms with E-state index in [2.05, 4.69) is 27.3 Å². The summed E-state index contributed by atoms with van der Waals surface area (Å²) in [7, 11) is 1.33. The van der Waals surface area contributed by atoms with E-state index in [0.717, 1.165) is 18.7 Å². The van der Waals surface area contributed by atoms with Gasteiger partial charge in [-0.1, -0.05) is 30.3 Å². The highest BCUT2D eigenvalue weighted by Crippen LogP contribution is 2.38. The molecule has 0 saturated heterocycles. The molecule has 1 unspecified atom stereocenters. The molecule has 0 radical (unpaired) electrons. The summed E-state index contributed by atoms with van der Waals surface area (Å²) in [5, 5.41) is 3.15. The minimum atomic E-state index is -0.610.